The van der Waals surface area contributed by atoms with Gasteiger partial charge in [-0.25, -0.2) is 4.98 Å². The summed E-state index contributed by atoms with van der Waals surface area (Å²) in [5, 5.41) is 7.04. The minimum absolute atomic E-state index is 0.622. The van der Waals surface area contributed by atoms with Gasteiger partial charge in [0.2, 0.25) is 0 Å². The number of nitrogens with zero attached hydrogens (tertiary/aromatic N) is 2. The van der Waals surface area contributed by atoms with E-state index in [1.165, 1.54) is 0 Å². The molecule has 16 heavy (non-hydrogen) atoms. The number of benzene rings is 1. The lowest BCUT2D eigenvalue weighted by Crippen LogP contribution is -1.92. The van der Waals surface area contributed by atoms with Crippen molar-refractivity contribution in [3.8, 4) is 11.4 Å². The van der Waals surface area contributed by atoms with Crippen LogP contribution in [0.2, 0.25) is 0 Å². The normalized spacial score (nSPS) is 10.6. The molecule has 0 aliphatic heterocycles. The molecule has 0 saturated heterocycles. The molecule has 0 spiro atoms. The van der Waals surface area contributed by atoms with Gasteiger partial charge in [-0.1, -0.05) is 6.92 Å². The molecule has 5 heteroatoms. The fourth-order valence-corrected chi connectivity index (χ4v) is 1.58. The predicted molar refractivity (Wildman–Crippen MR) is 64.6 cm³/mol. The maximum atomic E-state index is 5.72. The van der Waals surface area contributed by atoms with E-state index in [-0.39, 0.29) is 0 Å². The van der Waals surface area contributed by atoms with Gasteiger partial charge >= 0.3 is 0 Å². The quantitative estimate of drug-likeness (QED) is 0.680. The summed E-state index contributed by atoms with van der Waals surface area (Å²) in [6.07, 6.45) is 1.93. The summed E-state index contributed by atoms with van der Waals surface area (Å²) in [7, 11) is 0. The Kier molecular flexibility index (Phi) is 2.76. The Hall–Kier alpha value is -2.04. The summed E-state index contributed by atoms with van der Waals surface area (Å²) >= 11 is 0. The van der Waals surface area contributed by atoms with Crippen molar-refractivity contribution in [1.29, 1.82) is 0 Å². The van der Waals surface area contributed by atoms with Crippen LogP contribution in [-0.4, -0.2) is 15.2 Å². The second-order valence-corrected chi connectivity index (χ2v) is 3.74. The molecular formula is C11H15N5. The van der Waals surface area contributed by atoms with Gasteiger partial charge in [-0.3, -0.25) is 5.10 Å². The molecule has 0 unspecified atom stereocenters. The van der Waals surface area contributed by atoms with Crippen LogP contribution in [0.3, 0.4) is 0 Å². The third-order valence-corrected chi connectivity index (χ3v) is 2.25. The van der Waals surface area contributed by atoms with Crippen molar-refractivity contribution < 1.29 is 0 Å². The Labute approximate surface area is 93.9 Å². The molecular weight excluding hydrogens is 202 g/mol. The smallest absolute Gasteiger partial charge is 0.181 e. The van der Waals surface area contributed by atoms with Crippen LogP contribution in [0.5, 0.6) is 0 Å². The molecule has 5 N–H and O–H groups in total. The van der Waals surface area contributed by atoms with Gasteiger partial charge in [0.1, 0.15) is 5.82 Å². The van der Waals surface area contributed by atoms with Crippen LogP contribution in [0.25, 0.3) is 11.4 Å². The molecule has 0 fully saturated rings. The second-order valence-electron chi connectivity index (χ2n) is 3.74. The third kappa shape index (κ3) is 2.13. The van der Waals surface area contributed by atoms with Gasteiger partial charge in [0, 0.05) is 23.4 Å². The molecule has 1 aromatic heterocycles. The van der Waals surface area contributed by atoms with Crippen molar-refractivity contribution in [2.24, 2.45) is 0 Å². The Balaban J connectivity index is 2.34. The average Bonchev–Trinajstić information content (AvgIpc) is 2.65. The van der Waals surface area contributed by atoms with E-state index in [0.29, 0.717) is 17.2 Å². The molecule has 1 heterocycles. The first-order chi connectivity index (χ1) is 7.69. The summed E-state index contributed by atoms with van der Waals surface area (Å²) in [6, 6.07) is 5.34. The largest absolute Gasteiger partial charge is 0.399 e. The van der Waals surface area contributed by atoms with Gasteiger partial charge in [0.05, 0.1) is 0 Å². The fraction of sp³-hybridized carbons (Fsp3) is 0.273. The minimum atomic E-state index is 0.622. The van der Waals surface area contributed by atoms with Crippen LogP contribution in [0.1, 0.15) is 19.2 Å². The van der Waals surface area contributed by atoms with Crippen LogP contribution >= 0.6 is 0 Å². The fourth-order valence-electron chi connectivity index (χ4n) is 1.58. The minimum Gasteiger partial charge on any atom is -0.399 e. The van der Waals surface area contributed by atoms with E-state index in [4.69, 9.17) is 11.5 Å². The molecule has 5 nitrogen and oxygen atoms in total. The van der Waals surface area contributed by atoms with Gasteiger partial charge in [0.15, 0.2) is 5.82 Å². The Morgan fingerprint density at radius 2 is 1.88 bits per heavy atom. The monoisotopic (exact) mass is 217 g/mol. The SMILES string of the molecule is CCCc1nc(-c2cc(N)cc(N)c2)n[nH]1. The Morgan fingerprint density at radius 3 is 2.50 bits per heavy atom. The highest BCUT2D eigenvalue weighted by atomic mass is 15.2. The number of rotatable bonds is 3. The van der Waals surface area contributed by atoms with E-state index < -0.39 is 0 Å². The first-order valence-corrected chi connectivity index (χ1v) is 5.26. The molecule has 0 saturated carbocycles. The molecule has 0 amide bonds. The number of nitrogens with two attached hydrogens (primary N) is 2. The number of aryl methyl sites for hydroxylation is 1. The number of hydrogen-bond donors (Lipinski definition) is 3. The first-order valence-electron chi connectivity index (χ1n) is 5.26. The zero-order valence-electron chi connectivity index (χ0n) is 9.20. The van der Waals surface area contributed by atoms with Crippen LogP contribution in [-0.2, 0) is 6.42 Å². The van der Waals surface area contributed by atoms with E-state index in [1.54, 1.807) is 6.07 Å². The topological polar surface area (TPSA) is 93.6 Å². The summed E-state index contributed by atoms with van der Waals surface area (Å²) < 4.78 is 0. The molecule has 1 aromatic carbocycles. The molecule has 0 aliphatic carbocycles. The third-order valence-electron chi connectivity index (χ3n) is 2.25. The second kappa shape index (κ2) is 4.22. The van der Waals surface area contributed by atoms with Crippen molar-refractivity contribution in [3.63, 3.8) is 0 Å². The van der Waals surface area contributed by atoms with Crippen molar-refractivity contribution in [3.05, 3.63) is 24.0 Å². The molecule has 84 valence electrons. The van der Waals surface area contributed by atoms with Gasteiger partial charge in [-0.15, -0.1) is 0 Å². The molecule has 2 aromatic rings. The summed E-state index contributed by atoms with van der Waals surface area (Å²) in [6.45, 7) is 2.10. The van der Waals surface area contributed by atoms with Crippen molar-refractivity contribution in [1.82, 2.24) is 15.2 Å². The van der Waals surface area contributed by atoms with Gasteiger partial charge in [0.25, 0.3) is 0 Å². The molecule has 0 aliphatic rings. The first kappa shape index (κ1) is 10.5. The average molecular weight is 217 g/mol. The van der Waals surface area contributed by atoms with E-state index in [2.05, 4.69) is 22.1 Å². The number of anilines is 2. The predicted octanol–water partition coefficient (Wildman–Crippen LogP) is 1.59. The Bertz CT molecular complexity index is 469. The summed E-state index contributed by atoms with van der Waals surface area (Å²) in [5.74, 6) is 1.53. The van der Waals surface area contributed by atoms with Crippen LogP contribution in [0.15, 0.2) is 18.2 Å². The lowest BCUT2D eigenvalue weighted by molar-refractivity contribution is 0.841. The van der Waals surface area contributed by atoms with Gasteiger partial charge in [-0.05, 0) is 24.6 Å². The zero-order valence-corrected chi connectivity index (χ0v) is 9.20. The van der Waals surface area contributed by atoms with Crippen LogP contribution in [0, 0.1) is 0 Å². The number of aromatic amines is 1. The Morgan fingerprint density at radius 1 is 1.19 bits per heavy atom. The number of nitrogen functional groups attached to an aromatic ring is 2. The van der Waals surface area contributed by atoms with Crippen LogP contribution < -0.4 is 11.5 Å². The highest BCUT2D eigenvalue weighted by molar-refractivity contribution is 5.67. The summed E-state index contributed by atoms with van der Waals surface area (Å²) in [4.78, 5) is 4.37. The van der Waals surface area contributed by atoms with Gasteiger partial charge < -0.3 is 11.5 Å². The number of aromatic nitrogens is 3. The lowest BCUT2D eigenvalue weighted by atomic mass is 10.1. The molecule has 2 rings (SSSR count). The van der Waals surface area contributed by atoms with Crippen LogP contribution in [0.4, 0.5) is 11.4 Å². The maximum absolute atomic E-state index is 5.72. The number of H-pyrrole nitrogens is 1. The van der Waals surface area contributed by atoms with Crippen molar-refractivity contribution >= 4 is 11.4 Å². The molecule has 0 atom stereocenters. The van der Waals surface area contributed by atoms with E-state index in [1.807, 2.05) is 12.1 Å². The molecule has 0 radical (unpaired) electrons. The van der Waals surface area contributed by atoms with E-state index in [0.717, 1.165) is 24.2 Å². The lowest BCUT2D eigenvalue weighted by Gasteiger charge is -2.00. The number of nitrogens with one attached hydrogen (secondary N) is 1. The highest BCUT2D eigenvalue weighted by Crippen LogP contribution is 2.21. The van der Waals surface area contributed by atoms with Crippen molar-refractivity contribution in [2.75, 3.05) is 11.5 Å². The maximum Gasteiger partial charge on any atom is 0.181 e. The van der Waals surface area contributed by atoms with Crippen molar-refractivity contribution in [2.45, 2.75) is 19.8 Å². The van der Waals surface area contributed by atoms with E-state index >= 15 is 0 Å². The summed E-state index contributed by atoms with van der Waals surface area (Å²) in [5.41, 5.74) is 13.5. The standard InChI is InChI=1S/C11H15N5/c1-2-3-10-14-11(16-15-10)7-4-8(12)6-9(13)5-7/h4-6H,2-3,12-13H2,1H3,(H,14,15,16). The molecule has 0 bridgehead atoms. The number of hydrogen-bond acceptors (Lipinski definition) is 4. The van der Waals surface area contributed by atoms with E-state index in [9.17, 15) is 0 Å². The highest BCUT2D eigenvalue weighted by Gasteiger charge is 2.06. The zero-order chi connectivity index (χ0) is 11.5. The van der Waals surface area contributed by atoms with Gasteiger partial charge in [-0.2, -0.15) is 5.10 Å².